The van der Waals surface area contributed by atoms with E-state index in [1.165, 1.54) is 11.1 Å². The van der Waals surface area contributed by atoms with Gasteiger partial charge in [-0.2, -0.15) is 0 Å². The number of hydrogen-bond acceptors (Lipinski definition) is 2. The number of rotatable bonds is 2. The molecule has 0 bridgehead atoms. The van der Waals surface area contributed by atoms with E-state index in [1.807, 2.05) is 0 Å². The molecule has 1 aliphatic rings. The van der Waals surface area contributed by atoms with Crippen LogP contribution in [0.5, 0.6) is 5.75 Å². The van der Waals surface area contributed by atoms with Crippen LogP contribution in [0.15, 0.2) is 18.2 Å². The normalized spacial score (nSPS) is 19.4. The quantitative estimate of drug-likeness (QED) is 0.829. The summed E-state index contributed by atoms with van der Waals surface area (Å²) in [6.07, 6.45) is 0.973. The minimum Gasteiger partial charge on any atom is -0.487 e. The minimum atomic E-state index is -0.0666. The van der Waals surface area contributed by atoms with Gasteiger partial charge in [0, 0.05) is 12.5 Å². The molecule has 0 aromatic heterocycles. The summed E-state index contributed by atoms with van der Waals surface area (Å²) in [6, 6.07) is 6.47. The Morgan fingerprint density at radius 2 is 2.00 bits per heavy atom. The van der Waals surface area contributed by atoms with Crippen LogP contribution in [-0.2, 0) is 6.42 Å². The van der Waals surface area contributed by atoms with E-state index >= 15 is 0 Å². The van der Waals surface area contributed by atoms with Crippen LogP contribution in [0.4, 0.5) is 0 Å². The van der Waals surface area contributed by atoms with Gasteiger partial charge in [0.1, 0.15) is 11.4 Å². The summed E-state index contributed by atoms with van der Waals surface area (Å²) in [6.45, 7) is 8.54. The molecule has 1 heterocycles. The molecule has 2 nitrogen and oxygen atoms in total. The fourth-order valence-electron chi connectivity index (χ4n) is 2.22. The van der Waals surface area contributed by atoms with Crippen molar-refractivity contribution in [2.45, 2.75) is 45.8 Å². The molecule has 16 heavy (non-hydrogen) atoms. The number of nitrogens with two attached hydrogens (primary N) is 1. The van der Waals surface area contributed by atoms with Gasteiger partial charge in [-0.3, -0.25) is 0 Å². The number of hydrogen-bond donors (Lipinski definition) is 1. The van der Waals surface area contributed by atoms with E-state index in [2.05, 4.69) is 45.9 Å². The van der Waals surface area contributed by atoms with Crippen LogP contribution in [0.3, 0.4) is 0 Å². The van der Waals surface area contributed by atoms with Gasteiger partial charge in [-0.1, -0.05) is 26.0 Å². The fraction of sp³-hybridized carbons (Fsp3) is 0.571. The molecule has 0 saturated heterocycles. The van der Waals surface area contributed by atoms with E-state index in [4.69, 9.17) is 10.5 Å². The van der Waals surface area contributed by atoms with Crippen LogP contribution in [0, 0.1) is 5.92 Å². The highest BCUT2D eigenvalue weighted by Crippen LogP contribution is 2.36. The monoisotopic (exact) mass is 219 g/mol. The lowest BCUT2D eigenvalue weighted by atomic mass is 9.93. The smallest absolute Gasteiger partial charge is 0.123 e. The van der Waals surface area contributed by atoms with Crippen molar-refractivity contribution in [3.63, 3.8) is 0 Å². The van der Waals surface area contributed by atoms with Gasteiger partial charge in [0.05, 0.1) is 0 Å². The Hall–Kier alpha value is -1.02. The zero-order chi connectivity index (χ0) is 11.9. The highest BCUT2D eigenvalue weighted by Gasteiger charge is 2.30. The number of benzene rings is 1. The van der Waals surface area contributed by atoms with Gasteiger partial charge in [-0.25, -0.2) is 0 Å². The fourth-order valence-corrected chi connectivity index (χ4v) is 2.22. The minimum absolute atomic E-state index is 0.0666. The lowest BCUT2D eigenvalue weighted by Crippen LogP contribution is -2.24. The molecular weight excluding hydrogens is 198 g/mol. The van der Waals surface area contributed by atoms with Gasteiger partial charge in [-0.05, 0) is 37.0 Å². The van der Waals surface area contributed by atoms with Crippen molar-refractivity contribution in [3.05, 3.63) is 29.3 Å². The van der Waals surface area contributed by atoms with E-state index in [1.54, 1.807) is 0 Å². The molecule has 1 unspecified atom stereocenters. The van der Waals surface area contributed by atoms with Gasteiger partial charge < -0.3 is 10.5 Å². The summed E-state index contributed by atoms with van der Waals surface area (Å²) in [5.41, 5.74) is 8.60. The van der Waals surface area contributed by atoms with E-state index in [0.717, 1.165) is 12.2 Å². The van der Waals surface area contributed by atoms with Crippen molar-refractivity contribution in [1.82, 2.24) is 0 Å². The second kappa shape index (κ2) is 3.77. The number of fused-ring (bicyclic) bond motifs is 1. The summed E-state index contributed by atoms with van der Waals surface area (Å²) in [4.78, 5) is 0. The summed E-state index contributed by atoms with van der Waals surface area (Å²) in [7, 11) is 0. The summed E-state index contributed by atoms with van der Waals surface area (Å²) in [5.74, 6) is 1.48. The molecule has 2 N–H and O–H groups in total. The average molecular weight is 219 g/mol. The Balaban J connectivity index is 2.29. The lowest BCUT2D eigenvalue weighted by molar-refractivity contribution is 0.138. The second-order valence-electron chi connectivity index (χ2n) is 5.68. The maximum atomic E-state index is 6.16. The average Bonchev–Trinajstić information content (AvgIpc) is 2.48. The third kappa shape index (κ3) is 2.07. The van der Waals surface area contributed by atoms with Crippen LogP contribution < -0.4 is 10.5 Å². The van der Waals surface area contributed by atoms with E-state index in [-0.39, 0.29) is 11.6 Å². The molecule has 0 saturated carbocycles. The van der Waals surface area contributed by atoms with E-state index in [0.29, 0.717) is 5.92 Å². The first-order valence-electron chi connectivity index (χ1n) is 5.96. The Morgan fingerprint density at radius 3 is 2.62 bits per heavy atom. The van der Waals surface area contributed by atoms with E-state index < -0.39 is 0 Å². The zero-order valence-electron chi connectivity index (χ0n) is 10.6. The first kappa shape index (κ1) is 11.5. The van der Waals surface area contributed by atoms with Crippen molar-refractivity contribution in [2.75, 3.05) is 0 Å². The molecule has 2 heteroatoms. The Bertz CT molecular complexity index is 396. The van der Waals surface area contributed by atoms with Gasteiger partial charge in [0.2, 0.25) is 0 Å². The zero-order valence-corrected chi connectivity index (χ0v) is 10.6. The van der Waals surface area contributed by atoms with Crippen molar-refractivity contribution in [3.8, 4) is 5.75 Å². The maximum absolute atomic E-state index is 6.16. The first-order valence-corrected chi connectivity index (χ1v) is 5.96. The molecule has 1 atom stereocenters. The molecule has 0 aliphatic carbocycles. The third-order valence-electron chi connectivity index (χ3n) is 3.19. The summed E-state index contributed by atoms with van der Waals surface area (Å²) >= 11 is 0. The van der Waals surface area contributed by atoms with Gasteiger partial charge in [0.25, 0.3) is 0 Å². The van der Waals surface area contributed by atoms with E-state index in [9.17, 15) is 0 Å². The number of ether oxygens (including phenoxy) is 1. The molecule has 1 aromatic rings. The molecule has 2 rings (SSSR count). The summed E-state index contributed by atoms with van der Waals surface area (Å²) < 4.78 is 5.85. The Kier molecular flexibility index (Phi) is 2.70. The predicted molar refractivity (Wildman–Crippen MR) is 66.6 cm³/mol. The van der Waals surface area contributed by atoms with Crippen LogP contribution in [0.1, 0.15) is 44.9 Å². The molecular formula is C14H21NO. The lowest BCUT2D eigenvalue weighted by Gasteiger charge is -2.17. The molecule has 0 fully saturated rings. The predicted octanol–water partition coefficient (Wildman–Crippen LogP) is 3.06. The van der Waals surface area contributed by atoms with Gasteiger partial charge in [0.15, 0.2) is 0 Å². The highest BCUT2D eigenvalue weighted by atomic mass is 16.5. The first-order chi connectivity index (χ1) is 7.39. The van der Waals surface area contributed by atoms with Crippen LogP contribution >= 0.6 is 0 Å². The van der Waals surface area contributed by atoms with Crippen LogP contribution in [-0.4, -0.2) is 5.60 Å². The van der Waals surface area contributed by atoms with Gasteiger partial charge in [-0.15, -0.1) is 0 Å². The Labute approximate surface area is 97.8 Å². The highest BCUT2D eigenvalue weighted by molar-refractivity contribution is 5.42. The van der Waals surface area contributed by atoms with Crippen molar-refractivity contribution in [1.29, 1.82) is 0 Å². The Morgan fingerprint density at radius 1 is 1.31 bits per heavy atom. The van der Waals surface area contributed by atoms with Crippen LogP contribution in [0.2, 0.25) is 0 Å². The molecule has 0 radical (unpaired) electrons. The van der Waals surface area contributed by atoms with Crippen molar-refractivity contribution in [2.24, 2.45) is 11.7 Å². The molecule has 1 aromatic carbocycles. The topological polar surface area (TPSA) is 35.2 Å². The molecule has 88 valence electrons. The molecule has 0 amide bonds. The third-order valence-corrected chi connectivity index (χ3v) is 3.19. The summed E-state index contributed by atoms with van der Waals surface area (Å²) in [5, 5.41) is 0. The van der Waals surface area contributed by atoms with Gasteiger partial charge >= 0.3 is 0 Å². The molecule has 1 aliphatic heterocycles. The largest absolute Gasteiger partial charge is 0.487 e. The molecule has 0 spiro atoms. The SMILES string of the molecule is CC(C)C(N)c1ccc2c(c1)CC(C)(C)O2. The second-order valence-corrected chi connectivity index (χ2v) is 5.68. The van der Waals surface area contributed by atoms with Crippen molar-refractivity contribution >= 4 is 0 Å². The maximum Gasteiger partial charge on any atom is 0.123 e. The van der Waals surface area contributed by atoms with Crippen LogP contribution in [0.25, 0.3) is 0 Å². The standard InChI is InChI=1S/C14H21NO/c1-9(2)13(15)10-5-6-12-11(7-10)8-14(3,4)16-12/h5-7,9,13H,8,15H2,1-4H3. The van der Waals surface area contributed by atoms with Crippen molar-refractivity contribution < 1.29 is 4.74 Å².